The largest absolute Gasteiger partial charge is 0.503 e. The number of amidine groups is 1. The van der Waals surface area contributed by atoms with E-state index in [0.717, 1.165) is 22.4 Å². The van der Waals surface area contributed by atoms with Gasteiger partial charge >= 0.3 is 0 Å². The Bertz CT molecular complexity index is 950. The minimum absolute atomic E-state index is 0.0413. The fourth-order valence-electron chi connectivity index (χ4n) is 2.71. The van der Waals surface area contributed by atoms with Crippen molar-refractivity contribution in [3.05, 3.63) is 56.4 Å². The Morgan fingerprint density at radius 1 is 1.22 bits per heavy atom. The molecule has 0 unspecified atom stereocenters. The van der Waals surface area contributed by atoms with Crippen LogP contribution in [0.4, 0.5) is 5.69 Å². The molecule has 0 radical (unpaired) electrons. The molecular weight excluding hydrogens is 428 g/mol. The van der Waals surface area contributed by atoms with E-state index in [9.17, 15) is 9.90 Å². The zero-order valence-corrected chi connectivity index (χ0v) is 17.6. The van der Waals surface area contributed by atoms with Gasteiger partial charge in [0.1, 0.15) is 0 Å². The van der Waals surface area contributed by atoms with Gasteiger partial charge in [0.25, 0.3) is 5.91 Å². The maximum atomic E-state index is 12.3. The number of amides is 1. The molecule has 1 saturated heterocycles. The van der Waals surface area contributed by atoms with Crippen LogP contribution in [0.25, 0.3) is 6.08 Å². The molecule has 0 bridgehead atoms. The molecule has 2 aromatic rings. The fraction of sp³-hybridized carbons (Fsp3) is 0.200. The minimum atomic E-state index is -0.203. The van der Waals surface area contributed by atoms with E-state index in [2.05, 4.69) is 32.3 Å². The second-order valence-electron chi connectivity index (χ2n) is 6.11. The van der Waals surface area contributed by atoms with Gasteiger partial charge in [-0.05, 0) is 95.5 Å². The first kappa shape index (κ1) is 19.5. The number of hydrogen-bond acceptors (Lipinski definition) is 5. The number of hydrogen-bond donors (Lipinski definition) is 2. The highest BCUT2D eigenvalue weighted by Gasteiger charge is 2.24. The van der Waals surface area contributed by atoms with E-state index in [4.69, 9.17) is 4.74 Å². The summed E-state index contributed by atoms with van der Waals surface area (Å²) in [5.74, 6) is 0.205. The summed E-state index contributed by atoms with van der Waals surface area (Å²) in [6, 6.07) is 9.45. The van der Waals surface area contributed by atoms with Crippen molar-refractivity contribution in [2.24, 2.45) is 4.99 Å². The molecule has 0 spiro atoms. The molecule has 1 fully saturated rings. The van der Waals surface area contributed by atoms with Crippen LogP contribution < -0.4 is 10.1 Å². The predicted molar refractivity (Wildman–Crippen MR) is 114 cm³/mol. The highest BCUT2D eigenvalue weighted by molar-refractivity contribution is 9.10. The quantitative estimate of drug-likeness (QED) is 0.643. The monoisotopic (exact) mass is 446 g/mol. The Morgan fingerprint density at radius 2 is 1.93 bits per heavy atom. The summed E-state index contributed by atoms with van der Waals surface area (Å²) in [4.78, 5) is 17.4. The molecule has 3 rings (SSSR count). The maximum Gasteiger partial charge on any atom is 0.264 e. The standard InChI is InChI=1S/C20H19BrN2O3S/c1-4-26-16-9-13(8-15(21)18(16)24)10-17-19(25)23-20(27-17)22-14-6-11(2)5-12(3)7-14/h5-10,24H,4H2,1-3H3,(H,22,23,25). The first-order chi connectivity index (χ1) is 12.9. The summed E-state index contributed by atoms with van der Waals surface area (Å²) in [5, 5.41) is 13.4. The van der Waals surface area contributed by atoms with Crippen molar-refractivity contribution in [2.75, 3.05) is 6.61 Å². The topological polar surface area (TPSA) is 70.9 Å². The molecule has 1 aliphatic rings. The van der Waals surface area contributed by atoms with Crippen molar-refractivity contribution in [1.29, 1.82) is 0 Å². The zero-order chi connectivity index (χ0) is 19.6. The molecule has 0 atom stereocenters. The van der Waals surface area contributed by atoms with Crippen molar-refractivity contribution in [3.8, 4) is 11.5 Å². The summed E-state index contributed by atoms with van der Waals surface area (Å²) in [6.07, 6.45) is 1.75. The van der Waals surface area contributed by atoms with Crippen molar-refractivity contribution in [3.63, 3.8) is 0 Å². The third-order valence-corrected chi connectivity index (χ3v) is 5.25. The van der Waals surface area contributed by atoms with Crippen LogP contribution in [0.15, 0.2) is 44.7 Å². The Morgan fingerprint density at radius 3 is 2.59 bits per heavy atom. The van der Waals surface area contributed by atoms with E-state index in [1.807, 2.05) is 32.9 Å². The number of ether oxygens (including phenoxy) is 1. The zero-order valence-electron chi connectivity index (χ0n) is 15.2. The van der Waals surface area contributed by atoms with E-state index < -0.39 is 0 Å². The third kappa shape index (κ3) is 4.73. The van der Waals surface area contributed by atoms with Crippen LogP contribution >= 0.6 is 27.7 Å². The van der Waals surface area contributed by atoms with Gasteiger partial charge in [-0.3, -0.25) is 4.79 Å². The van der Waals surface area contributed by atoms with Gasteiger partial charge in [0, 0.05) is 0 Å². The number of carbonyl (C=O) groups is 1. The van der Waals surface area contributed by atoms with Gasteiger partial charge in [-0.15, -0.1) is 0 Å². The van der Waals surface area contributed by atoms with Gasteiger partial charge in [0.15, 0.2) is 16.7 Å². The first-order valence-electron chi connectivity index (χ1n) is 8.39. The number of nitrogens with one attached hydrogen (secondary N) is 1. The number of thioether (sulfide) groups is 1. The molecule has 0 aromatic heterocycles. The maximum absolute atomic E-state index is 12.3. The molecule has 0 saturated carbocycles. The Labute approximate surface area is 170 Å². The van der Waals surface area contributed by atoms with Gasteiger partial charge in [-0.2, -0.15) is 0 Å². The van der Waals surface area contributed by atoms with Gasteiger partial charge < -0.3 is 15.2 Å². The summed E-state index contributed by atoms with van der Waals surface area (Å²) < 4.78 is 5.94. The molecule has 0 aliphatic carbocycles. The molecule has 2 aromatic carbocycles. The van der Waals surface area contributed by atoms with E-state index in [0.29, 0.717) is 26.9 Å². The fourth-order valence-corrected chi connectivity index (χ4v) is 4.01. The van der Waals surface area contributed by atoms with Crippen molar-refractivity contribution >= 4 is 50.5 Å². The lowest BCUT2D eigenvalue weighted by Crippen LogP contribution is -2.19. The molecule has 7 heteroatoms. The highest BCUT2D eigenvalue weighted by Crippen LogP contribution is 2.37. The molecule has 140 valence electrons. The van der Waals surface area contributed by atoms with Gasteiger partial charge in [-0.1, -0.05) is 6.07 Å². The van der Waals surface area contributed by atoms with Crippen molar-refractivity contribution in [1.82, 2.24) is 5.32 Å². The van der Waals surface area contributed by atoms with Gasteiger partial charge in [-0.25, -0.2) is 4.99 Å². The lowest BCUT2D eigenvalue weighted by Gasteiger charge is -2.08. The van der Waals surface area contributed by atoms with E-state index in [1.165, 1.54) is 11.8 Å². The minimum Gasteiger partial charge on any atom is -0.503 e. The molecule has 5 nitrogen and oxygen atoms in total. The average Bonchev–Trinajstić information content (AvgIpc) is 2.90. The normalized spacial score (nSPS) is 16.8. The van der Waals surface area contributed by atoms with Crippen molar-refractivity contribution in [2.45, 2.75) is 20.8 Å². The highest BCUT2D eigenvalue weighted by atomic mass is 79.9. The third-order valence-electron chi connectivity index (χ3n) is 3.74. The number of benzene rings is 2. The Balaban J connectivity index is 1.88. The Hall–Kier alpha value is -2.25. The number of aromatic hydroxyl groups is 1. The number of rotatable bonds is 4. The van der Waals surface area contributed by atoms with Crippen LogP contribution in [0.2, 0.25) is 0 Å². The summed E-state index contributed by atoms with van der Waals surface area (Å²) in [6.45, 7) is 6.30. The molecular formula is C20H19BrN2O3S. The number of halogens is 1. The second kappa shape index (κ2) is 8.19. The first-order valence-corrected chi connectivity index (χ1v) is 10.00. The van der Waals surface area contributed by atoms with Crippen LogP contribution in [-0.2, 0) is 4.79 Å². The van der Waals surface area contributed by atoms with Gasteiger partial charge in [0.2, 0.25) is 0 Å². The lowest BCUT2D eigenvalue weighted by atomic mass is 10.1. The number of aryl methyl sites for hydroxylation is 2. The van der Waals surface area contributed by atoms with Crippen LogP contribution in [0.3, 0.4) is 0 Å². The number of phenolic OH excluding ortho intramolecular Hbond substituents is 1. The molecule has 1 amide bonds. The summed E-state index contributed by atoms with van der Waals surface area (Å²) >= 11 is 4.59. The second-order valence-corrected chi connectivity index (χ2v) is 8.00. The van der Waals surface area contributed by atoms with Crippen LogP contribution in [0.1, 0.15) is 23.6 Å². The lowest BCUT2D eigenvalue weighted by molar-refractivity contribution is -0.115. The smallest absolute Gasteiger partial charge is 0.264 e. The van der Waals surface area contributed by atoms with Crippen molar-refractivity contribution < 1.29 is 14.6 Å². The van der Waals surface area contributed by atoms with Gasteiger partial charge in [0.05, 0.1) is 21.7 Å². The molecule has 27 heavy (non-hydrogen) atoms. The number of aliphatic imine (C=N–C) groups is 1. The summed E-state index contributed by atoms with van der Waals surface area (Å²) in [7, 11) is 0. The molecule has 1 aliphatic heterocycles. The van der Waals surface area contributed by atoms with E-state index in [1.54, 1.807) is 18.2 Å². The predicted octanol–water partition coefficient (Wildman–Crippen LogP) is 5.06. The SMILES string of the molecule is CCOc1cc(C=C2SC(=Nc3cc(C)cc(C)c3)NC2=O)cc(Br)c1O. The summed E-state index contributed by atoms with van der Waals surface area (Å²) in [5.41, 5.74) is 3.80. The van der Waals surface area contributed by atoms with Crippen LogP contribution in [-0.4, -0.2) is 22.8 Å². The van der Waals surface area contributed by atoms with E-state index >= 15 is 0 Å². The van der Waals surface area contributed by atoms with E-state index in [-0.39, 0.29) is 11.7 Å². The number of carbonyl (C=O) groups excluding carboxylic acids is 1. The molecule has 1 heterocycles. The average molecular weight is 447 g/mol. The number of nitrogens with zero attached hydrogens (tertiary/aromatic N) is 1. The molecule has 2 N–H and O–H groups in total. The number of phenols is 1. The Kier molecular flexibility index (Phi) is 5.92. The van der Waals surface area contributed by atoms with Crippen LogP contribution in [0, 0.1) is 13.8 Å². The van der Waals surface area contributed by atoms with Crippen LogP contribution in [0.5, 0.6) is 11.5 Å².